The van der Waals surface area contributed by atoms with Gasteiger partial charge in [0.05, 0.1) is 5.56 Å². The van der Waals surface area contributed by atoms with Crippen LogP contribution in [0.4, 0.5) is 0 Å². The van der Waals surface area contributed by atoms with Crippen molar-refractivity contribution in [2.45, 2.75) is 13.8 Å². The highest BCUT2D eigenvalue weighted by Gasteiger charge is 2.28. The van der Waals surface area contributed by atoms with E-state index in [1.54, 1.807) is 24.8 Å². The zero-order valence-corrected chi connectivity index (χ0v) is 9.69. The Bertz CT molecular complexity index is 505. The molecule has 1 amide bonds. The predicted molar refractivity (Wildman–Crippen MR) is 59.8 cm³/mol. The molecule has 0 atom stereocenters. The smallest absolute Gasteiger partial charge is 0.328 e. The van der Waals surface area contributed by atoms with E-state index in [2.05, 4.69) is 0 Å². The van der Waals surface area contributed by atoms with Crippen LogP contribution in [0.2, 0.25) is 0 Å². The predicted octanol–water partition coefficient (Wildman–Crippen LogP) is 1.36. The zero-order chi connectivity index (χ0) is 12.6. The van der Waals surface area contributed by atoms with Gasteiger partial charge in [-0.05, 0) is 25.5 Å². The van der Waals surface area contributed by atoms with Crippen LogP contribution in [-0.2, 0) is 4.79 Å². The van der Waals surface area contributed by atoms with Crippen molar-refractivity contribution in [1.82, 2.24) is 4.90 Å². The molecule has 2 rings (SSSR count). The van der Waals surface area contributed by atoms with Crippen molar-refractivity contribution in [2.75, 3.05) is 13.1 Å². The lowest BCUT2D eigenvalue weighted by Gasteiger charge is -2.33. The number of aryl methyl sites for hydroxylation is 2. The van der Waals surface area contributed by atoms with E-state index in [4.69, 9.17) is 9.52 Å². The van der Waals surface area contributed by atoms with Crippen LogP contribution >= 0.6 is 0 Å². The minimum Gasteiger partial charge on any atom is -0.478 e. The van der Waals surface area contributed by atoms with Crippen molar-refractivity contribution >= 4 is 11.9 Å². The highest BCUT2D eigenvalue weighted by atomic mass is 16.4. The molecule has 0 unspecified atom stereocenters. The van der Waals surface area contributed by atoms with E-state index in [9.17, 15) is 9.59 Å². The molecular weight excluding hydrogens is 222 g/mol. The third kappa shape index (κ3) is 2.22. The molecule has 1 aromatic heterocycles. The van der Waals surface area contributed by atoms with E-state index in [0.717, 1.165) is 11.6 Å². The van der Waals surface area contributed by atoms with Gasteiger partial charge in [-0.15, -0.1) is 0 Å². The lowest BCUT2D eigenvalue weighted by atomic mass is 10.1. The number of carbonyl (C=O) groups is 2. The van der Waals surface area contributed by atoms with Gasteiger partial charge in [0.2, 0.25) is 0 Å². The largest absolute Gasteiger partial charge is 0.478 e. The maximum Gasteiger partial charge on any atom is 0.328 e. The molecule has 1 aromatic rings. The quantitative estimate of drug-likeness (QED) is 0.786. The molecule has 1 aliphatic rings. The number of carboxylic acids is 1. The highest BCUT2D eigenvalue weighted by Crippen LogP contribution is 2.21. The number of aliphatic carboxylic acids is 1. The second kappa shape index (κ2) is 4.08. The lowest BCUT2D eigenvalue weighted by molar-refractivity contribution is -0.131. The molecule has 5 heteroatoms. The molecule has 0 radical (unpaired) electrons. The number of likely N-dealkylation sites (tertiary alicyclic amines) is 1. The molecule has 0 bridgehead atoms. The number of hydrogen-bond acceptors (Lipinski definition) is 3. The molecule has 1 saturated heterocycles. The van der Waals surface area contributed by atoms with Gasteiger partial charge in [-0.1, -0.05) is 0 Å². The molecule has 0 saturated carbocycles. The first-order chi connectivity index (χ1) is 7.97. The summed E-state index contributed by atoms with van der Waals surface area (Å²) in [6.45, 7) is 4.30. The number of amides is 1. The van der Waals surface area contributed by atoms with Crippen LogP contribution in [0.3, 0.4) is 0 Å². The number of hydrogen-bond donors (Lipinski definition) is 1. The summed E-state index contributed by atoms with van der Waals surface area (Å²) in [6.07, 6.45) is 1.15. The van der Waals surface area contributed by atoms with Gasteiger partial charge >= 0.3 is 5.97 Å². The Morgan fingerprint density at radius 3 is 2.53 bits per heavy atom. The van der Waals surface area contributed by atoms with Gasteiger partial charge in [0.25, 0.3) is 5.91 Å². The Balaban J connectivity index is 2.05. The third-order valence-electron chi connectivity index (χ3n) is 2.67. The molecular formula is C12H13NO4. The van der Waals surface area contributed by atoms with Crippen molar-refractivity contribution in [3.8, 4) is 0 Å². The van der Waals surface area contributed by atoms with Gasteiger partial charge in [0, 0.05) is 19.2 Å². The average Bonchev–Trinajstić information content (AvgIpc) is 2.49. The van der Waals surface area contributed by atoms with E-state index in [-0.39, 0.29) is 5.91 Å². The standard InChI is InChI=1S/C12H13NO4/c1-7-3-10(8(2)17-7)12(16)13-5-9(6-13)4-11(14)15/h3-4H,5-6H2,1-2H3,(H,14,15). The van der Waals surface area contributed by atoms with Crippen molar-refractivity contribution in [2.24, 2.45) is 0 Å². The summed E-state index contributed by atoms with van der Waals surface area (Å²) in [5, 5.41) is 8.54. The van der Waals surface area contributed by atoms with Crippen LogP contribution in [-0.4, -0.2) is 35.0 Å². The Morgan fingerprint density at radius 2 is 2.06 bits per heavy atom. The van der Waals surface area contributed by atoms with Crippen molar-refractivity contribution < 1.29 is 19.1 Å². The summed E-state index contributed by atoms with van der Waals surface area (Å²) < 4.78 is 5.29. The molecule has 0 aliphatic carbocycles. The van der Waals surface area contributed by atoms with E-state index >= 15 is 0 Å². The summed E-state index contributed by atoms with van der Waals surface area (Å²) in [5.74, 6) is 0.222. The van der Waals surface area contributed by atoms with Crippen molar-refractivity contribution in [3.63, 3.8) is 0 Å². The third-order valence-corrected chi connectivity index (χ3v) is 2.67. The minimum atomic E-state index is -0.970. The minimum absolute atomic E-state index is 0.109. The fraction of sp³-hybridized carbons (Fsp3) is 0.333. The van der Waals surface area contributed by atoms with Gasteiger partial charge < -0.3 is 14.4 Å². The van der Waals surface area contributed by atoms with Crippen molar-refractivity contribution in [3.05, 3.63) is 34.8 Å². The van der Waals surface area contributed by atoms with Crippen LogP contribution in [0.1, 0.15) is 21.9 Å². The molecule has 17 heavy (non-hydrogen) atoms. The molecule has 2 heterocycles. The van der Waals surface area contributed by atoms with Crippen LogP contribution in [0.15, 0.2) is 22.1 Å². The Kier molecular flexibility index (Phi) is 2.75. The first kappa shape index (κ1) is 11.4. The normalized spacial score (nSPS) is 14.5. The van der Waals surface area contributed by atoms with Gasteiger partial charge in [0.15, 0.2) is 0 Å². The summed E-state index contributed by atoms with van der Waals surface area (Å²) in [5.41, 5.74) is 1.31. The number of nitrogens with zero attached hydrogens (tertiary/aromatic N) is 1. The fourth-order valence-electron chi connectivity index (χ4n) is 1.87. The molecule has 1 fully saturated rings. The number of furan rings is 1. The van der Waals surface area contributed by atoms with E-state index in [1.165, 1.54) is 0 Å². The zero-order valence-electron chi connectivity index (χ0n) is 9.69. The lowest BCUT2D eigenvalue weighted by Crippen LogP contribution is -2.44. The number of rotatable bonds is 2. The highest BCUT2D eigenvalue weighted by molar-refractivity contribution is 5.96. The maximum absolute atomic E-state index is 12.0. The van der Waals surface area contributed by atoms with Crippen LogP contribution < -0.4 is 0 Å². The first-order valence-corrected chi connectivity index (χ1v) is 5.26. The topological polar surface area (TPSA) is 70.8 Å². The summed E-state index contributed by atoms with van der Waals surface area (Å²) in [6, 6.07) is 1.70. The van der Waals surface area contributed by atoms with Crippen molar-refractivity contribution in [1.29, 1.82) is 0 Å². The second-order valence-corrected chi connectivity index (χ2v) is 4.13. The second-order valence-electron chi connectivity index (χ2n) is 4.13. The SMILES string of the molecule is Cc1cc(C(=O)N2CC(=CC(=O)O)C2)c(C)o1. The molecule has 5 nitrogen and oxygen atoms in total. The number of carbonyl (C=O) groups excluding carboxylic acids is 1. The van der Waals surface area contributed by atoms with Gasteiger partial charge in [-0.25, -0.2) is 4.79 Å². The van der Waals surface area contributed by atoms with Crippen LogP contribution in [0.5, 0.6) is 0 Å². The monoisotopic (exact) mass is 235 g/mol. The Hall–Kier alpha value is -2.04. The van der Waals surface area contributed by atoms with E-state index in [1.807, 2.05) is 0 Å². The molecule has 1 aliphatic heterocycles. The van der Waals surface area contributed by atoms with Crippen LogP contribution in [0, 0.1) is 13.8 Å². The fourth-order valence-corrected chi connectivity index (χ4v) is 1.87. The summed E-state index contributed by atoms with van der Waals surface area (Å²) in [7, 11) is 0. The Labute approximate surface area is 98.3 Å². The summed E-state index contributed by atoms with van der Waals surface area (Å²) in [4.78, 5) is 24.0. The van der Waals surface area contributed by atoms with Gasteiger partial charge in [-0.3, -0.25) is 4.79 Å². The maximum atomic E-state index is 12.0. The van der Waals surface area contributed by atoms with Gasteiger partial charge in [-0.2, -0.15) is 0 Å². The molecule has 0 spiro atoms. The number of carboxylic acid groups (broad SMARTS) is 1. The average molecular weight is 235 g/mol. The van der Waals surface area contributed by atoms with E-state index < -0.39 is 5.97 Å². The van der Waals surface area contributed by atoms with Gasteiger partial charge in [0.1, 0.15) is 11.5 Å². The van der Waals surface area contributed by atoms with E-state index in [0.29, 0.717) is 30.2 Å². The molecule has 1 N–H and O–H groups in total. The first-order valence-electron chi connectivity index (χ1n) is 5.26. The molecule has 90 valence electrons. The summed E-state index contributed by atoms with van der Waals surface area (Å²) >= 11 is 0. The Morgan fingerprint density at radius 1 is 1.41 bits per heavy atom. The molecule has 0 aromatic carbocycles. The van der Waals surface area contributed by atoms with Crippen LogP contribution in [0.25, 0.3) is 0 Å².